The molecule has 0 spiro atoms. The van der Waals surface area contributed by atoms with E-state index in [0.29, 0.717) is 5.69 Å². The van der Waals surface area contributed by atoms with Crippen molar-refractivity contribution in [3.8, 4) is 0 Å². The van der Waals surface area contributed by atoms with E-state index >= 15 is 0 Å². The minimum absolute atomic E-state index is 0.101. The van der Waals surface area contributed by atoms with Crippen molar-refractivity contribution in [1.29, 1.82) is 0 Å². The molecule has 0 aliphatic heterocycles. The summed E-state index contributed by atoms with van der Waals surface area (Å²) in [4.78, 5) is 28.5. The van der Waals surface area contributed by atoms with Crippen molar-refractivity contribution in [3.05, 3.63) is 71.9 Å². The largest absolute Gasteiger partial charge is 0.416 e. The number of anilines is 1. The average molecular weight is 612 g/mol. The van der Waals surface area contributed by atoms with Gasteiger partial charge in [0, 0.05) is 31.6 Å². The predicted molar refractivity (Wildman–Crippen MR) is 156 cm³/mol. The summed E-state index contributed by atoms with van der Waals surface area (Å²) in [6.07, 6.45) is -2.79. The Bertz CT molecular complexity index is 1420. The number of sulfonamides is 1. The molecule has 2 aromatic carbocycles. The average Bonchev–Trinajstić information content (AvgIpc) is 2.94. The van der Waals surface area contributed by atoms with Gasteiger partial charge in [0.1, 0.15) is 0 Å². The maximum absolute atomic E-state index is 12.4. The van der Waals surface area contributed by atoms with Crippen LogP contribution in [0.2, 0.25) is 0 Å². The van der Waals surface area contributed by atoms with Gasteiger partial charge in [-0.3, -0.25) is 14.6 Å². The molecule has 0 saturated carbocycles. The molecule has 0 fully saturated rings. The van der Waals surface area contributed by atoms with Gasteiger partial charge in [-0.05, 0) is 37.6 Å². The molecule has 0 bridgehead atoms. The molecule has 230 valence electrons. The quantitative estimate of drug-likeness (QED) is 0.204. The smallest absolute Gasteiger partial charge is 0.346 e. The van der Waals surface area contributed by atoms with Gasteiger partial charge in [0.05, 0.1) is 41.3 Å². The van der Waals surface area contributed by atoms with E-state index < -0.39 is 39.6 Å². The first-order chi connectivity index (χ1) is 19.8. The number of rotatable bonds is 12. The van der Waals surface area contributed by atoms with Crippen molar-refractivity contribution in [2.24, 2.45) is 17.2 Å². The second kappa shape index (κ2) is 16.1. The summed E-state index contributed by atoms with van der Waals surface area (Å²) in [5.74, 6) is -1.40. The van der Waals surface area contributed by atoms with E-state index in [0.717, 1.165) is 28.6 Å². The number of halogens is 3. The van der Waals surface area contributed by atoms with Crippen LogP contribution in [0.5, 0.6) is 0 Å². The molecule has 0 saturated heterocycles. The van der Waals surface area contributed by atoms with Gasteiger partial charge < -0.3 is 27.8 Å². The van der Waals surface area contributed by atoms with Crippen LogP contribution in [0, 0.1) is 6.92 Å². The first-order valence-electron chi connectivity index (χ1n) is 13.0. The summed E-state index contributed by atoms with van der Waals surface area (Å²) in [5.41, 5.74) is 18.2. The molecule has 8 N–H and O–H groups in total. The van der Waals surface area contributed by atoms with E-state index in [9.17, 15) is 31.2 Å². The molecule has 0 radical (unpaired) electrons. The summed E-state index contributed by atoms with van der Waals surface area (Å²) >= 11 is 0. The Balaban J connectivity index is 0.000000468. The number of benzene rings is 2. The fraction of sp³-hybridized carbons (Fsp3) is 0.370. The fourth-order valence-corrected chi connectivity index (χ4v) is 5.18. The molecule has 0 aliphatic rings. The van der Waals surface area contributed by atoms with Gasteiger partial charge in [-0.1, -0.05) is 35.9 Å². The highest BCUT2D eigenvalue weighted by Gasteiger charge is 2.29. The van der Waals surface area contributed by atoms with Crippen LogP contribution in [0.15, 0.2) is 60.8 Å². The van der Waals surface area contributed by atoms with Crippen LogP contribution < -0.4 is 27.8 Å². The van der Waals surface area contributed by atoms with Crippen molar-refractivity contribution in [2.45, 2.75) is 25.6 Å². The molecule has 3 aromatic rings. The number of amides is 2. The lowest BCUT2D eigenvalue weighted by Crippen LogP contribution is -2.46. The Labute approximate surface area is 242 Å². The van der Waals surface area contributed by atoms with E-state index in [-0.39, 0.29) is 44.9 Å². The lowest BCUT2D eigenvalue weighted by molar-refractivity contribution is -0.137. The molecule has 1 unspecified atom stereocenters. The number of nitrogens with one attached hydrogen (secondary N) is 2. The van der Waals surface area contributed by atoms with Crippen LogP contribution in [0.1, 0.15) is 17.5 Å². The number of aromatic nitrogens is 1. The summed E-state index contributed by atoms with van der Waals surface area (Å²) in [6.45, 7) is 2.05. The van der Waals surface area contributed by atoms with Crippen molar-refractivity contribution in [3.63, 3.8) is 0 Å². The van der Waals surface area contributed by atoms with Gasteiger partial charge >= 0.3 is 6.18 Å². The van der Waals surface area contributed by atoms with Crippen LogP contribution in [0.25, 0.3) is 10.9 Å². The van der Waals surface area contributed by atoms with Gasteiger partial charge in [-0.2, -0.15) is 17.5 Å². The van der Waals surface area contributed by atoms with E-state index in [4.69, 9.17) is 17.2 Å². The van der Waals surface area contributed by atoms with Crippen LogP contribution >= 0.6 is 0 Å². The van der Waals surface area contributed by atoms with Crippen LogP contribution in [0.4, 0.5) is 18.9 Å². The van der Waals surface area contributed by atoms with Gasteiger partial charge in [0.15, 0.2) is 0 Å². The molecule has 1 aromatic heterocycles. The molecule has 2 amide bonds. The van der Waals surface area contributed by atoms with Gasteiger partial charge in [0.25, 0.3) is 0 Å². The lowest BCUT2D eigenvalue weighted by atomic mass is 10.1. The Hall–Kier alpha value is -3.63. The Kier molecular flexibility index (Phi) is 13.3. The molecule has 3 rings (SSSR count). The highest BCUT2D eigenvalue weighted by molar-refractivity contribution is 7.89. The second-order valence-electron chi connectivity index (χ2n) is 9.23. The molecule has 1 atom stereocenters. The zero-order chi connectivity index (χ0) is 31.3. The SMILES string of the molecule is Cc1ccc(C(F)(F)F)cc1.NCCN(CCN)S(=O)(=O)CCC(N)C(=O)NCC(=O)Nc1cnc2ccccc2c1. The number of carbonyl (C=O) groups excluding carboxylic acids is 2. The number of hydrogen-bond acceptors (Lipinski definition) is 8. The van der Waals surface area contributed by atoms with Crippen molar-refractivity contribution in [1.82, 2.24) is 14.6 Å². The predicted octanol–water partition coefficient (Wildman–Crippen LogP) is 1.57. The number of nitrogens with zero attached hydrogens (tertiary/aromatic N) is 2. The number of carbonyl (C=O) groups is 2. The first-order valence-corrected chi connectivity index (χ1v) is 14.6. The summed E-state index contributed by atoms with van der Waals surface area (Å²) in [5, 5.41) is 5.92. The van der Waals surface area contributed by atoms with Gasteiger partial charge in [-0.25, -0.2) is 8.42 Å². The Morgan fingerprint density at radius 3 is 2.24 bits per heavy atom. The number of fused-ring (bicyclic) bond motifs is 1. The standard InChI is InChI=1S/C19H29N7O4S.C8H7F3/c20-6-8-26(9-7-21)31(29,30)10-5-16(22)19(28)24-13-18(27)25-15-11-14-3-1-2-4-17(14)23-12-15;1-6-2-4-7(5-3-6)8(9,10)11/h1-4,11-12,16H,5-10,13,20-22H2,(H,24,28)(H,25,27);2-5H,1H3. The van der Waals surface area contributed by atoms with Crippen LogP contribution in [0.3, 0.4) is 0 Å². The third kappa shape index (κ3) is 11.3. The van der Waals surface area contributed by atoms with Crippen molar-refractivity contribution < 1.29 is 31.2 Å². The topological polar surface area (TPSA) is 187 Å². The zero-order valence-corrected chi connectivity index (χ0v) is 23.9. The molecular weight excluding hydrogens is 575 g/mol. The summed E-state index contributed by atoms with van der Waals surface area (Å²) < 4.78 is 61.7. The minimum atomic E-state index is -4.21. The van der Waals surface area contributed by atoms with E-state index in [1.807, 2.05) is 24.3 Å². The summed E-state index contributed by atoms with van der Waals surface area (Å²) in [7, 11) is -3.64. The number of alkyl halides is 3. The van der Waals surface area contributed by atoms with E-state index in [1.165, 1.54) is 22.6 Å². The first kappa shape index (κ1) is 34.6. The highest BCUT2D eigenvalue weighted by atomic mass is 32.2. The zero-order valence-electron chi connectivity index (χ0n) is 23.1. The molecule has 11 nitrogen and oxygen atoms in total. The lowest BCUT2D eigenvalue weighted by Gasteiger charge is -2.21. The van der Waals surface area contributed by atoms with E-state index in [1.54, 1.807) is 13.0 Å². The third-order valence-corrected chi connectivity index (χ3v) is 7.75. The fourth-order valence-electron chi connectivity index (χ4n) is 3.60. The number of hydrogen-bond donors (Lipinski definition) is 5. The third-order valence-electron chi connectivity index (χ3n) is 5.85. The van der Waals surface area contributed by atoms with Gasteiger partial charge in [-0.15, -0.1) is 0 Å². The maximum Gasteiger partial charge on any atom is 0.416 e. The maximum atomic E-state index is 12.4. The minimum Gasteiger partial charge on any atom is -0.346 e. The molecule has 1 heterocycles. The molecular formula is C27H36F3N7O4S. The van der Waals surface area contributed by atoms with Crippen molar-refractivity contribution in [2.75, 3.05) is 43.8 Å². The number of para-hydroxylation sites is 1. The Morgan fingerprint density at radius 2 is 1.64 bits per heavy atom. The van der Waals surface area contributed by atoms with Gasteiger partial charge in [0.2, 0.25) is 21.8 Å². The van der Waals surface area contributed by atoms with Crippen molar-refractivity contribution >= 4 is 38.4 Å². The highest BCUT2D eigenvalue weighted by Crippen LogP contribution is 2.28. The summed E-state index contributed by atoms with van der Waals surface area (Å²) in [6, 6.07) is 13.2. The van der Waals surface area contributed by atoms with Crippen LogP contribution in [-0.2, 0) is 25.8 Å². The molecule has 0 aliphatic carbocycles. The normalized spacial score (nSPS) is 12.4. The number of pyridine rings is 1. The van der Waals surface area contributed by atoms with E-state index in [2.05, 4.69) is 15.6 Å². The number of aryl methyl sites for hydroxylation is 1. The molecule has 42 heavy (non-hydrogen) atoms. The molecule has 15 heteroatoms. The van der Waals surface area contributed by atoms with Crippen LogP contribution in [-0.4, -0.2) is 74.0 Å². The monoisotopic (exact) mass is 611 g/mol. The second-order valence-corrected chi connectivity index (χ2v) is 11.3. The Morgan fingerprint density at radius 1 is 1.02 bits per heavy atom. The number of nitrogens with two attached hydrogens (primary N) is 3.